The van der Waals surface area contributed by atoms with Gasteiger partial charge in [-0.05, 0) is 24.7 Å². The Morgan fingerprint density at radius 2 is 1.81 bits per heavy atom. The van der Waals surface area contributed by atoms with Gasteiger partial charge in [0.05, 0.1) is 7.11 Å². The summed E-state index contributed by atoms with van der Waals surface area (Å²) in [5, 5.41) is 6.74. The number of hydrogen-bond acceptors (Lipinski definition) is 3. The highest BCUT2D eigenvalue weighted by Crippen LogP contribution is 2.16. The van der Waals surface area contributed by atoms with E-state index >= 15 is 0 Å². The van der Waals surface area contributed by atoms with E-state index in [0.29, 0.717) is 12.1 Å². The third-order valence-corrected chi connectivity index (χ3v) is 2.60. The first kappa shape index (κ1) is 13.0. The number of ether oxygens (including phenoxy) is 1. The van der Waals surface area contributed by atoms with Crippen molar-refractivity contribution in [2.75, 3.05) is 20.7 Å². The van der Waals surface area contributed by atoms with Crippen LogP contribution in [0.25, 0.3) is 0 Å². The third kappa shape index (κ3) is 3.83. The van der Waals surface area contributed by atoms with Crippen LogP contribution in [0.5, 0.6) is 5.75 Å². The summed E-state index contributed by atoms with van der Waals surface area (Å²) in [6.45, 7) is 5.24. The first-order valence-corrected chi connectivity index (χ1v) is 5.72. The van der Waals surface area contributed by atoms with E-state index in [1.165, 1.54) is 5.56 Å². The number of benzene rings is 1. The summed E-state index contributed by atoms with van der Waals surface area (Å²) in [5.41, 5.74) is 1.27. The Kier molecular flexibility index (Phi) is 5.29. The van der Waals surface area contributed by atoms with Crippen molar-refractivity contribution in [1.82, 2.24) is 10.6 Å². The minimum Gasteiger partial charge on any atom is -0.497 e. The van der Waals surface area contributed by atoms with Crippen LogP contribution in [-0.2, 0) is 0 Å². The van der Waals surface area contributed by atoms with E-state index < -0.39 is 0 Å². The summed E-state index contributed by atoms with van der Waals surface area (Å²) < 4.78 is 5.14. The van der Waals surface area contributed by atoms with Crippen LogP contribution in [0.15, 0.2) is 24.3 Å². The molecule has 0 saturated carbocycles. The molecule has 1 aromatic carbocycles. The van der Waals surface area contributed by atoms with Gasteiger partial charge in [-0.3, -0.25) is 0 Å². The van der Waals surface area contributed by atoms with Crippen LogP contribution < -0.4 is 15.4 Å². The lowest BCUT2D eigenvalue weighted by molar-refractivity contribution is 0.414. The maximum atomic E-state index is 5.14. The predicted molar refractivity (Wildman–Crippen MR) is 67.9 cm³/mol. The second-order valence-corrected chi connectivity index (χ2v) is 4.18. The second kappa shape index (κ2) is 6.51. The molecular weight excluding hydrogens is 200 g/mol. The first-order chi connectivity index (χ1) is 7.67. The Bertz CT molecular complexity index is 295. The monoisotopic (exact) mass is 222 g/mol. The quantitative estimate of drug-likeness (QED) is 0.772. The van der Waals surface area contributed by atoms with Crippen molar-refractivity contribution in [2.24, 2.45) is 0 Å². The van der Waals surface area contributed by atoms with Gasteiger partial charge in [0.25, 0.3) is 0 Å². The molecule has 0 aliphatic rings. The molecule has 1 unspecified atom stereocenters. The summed E-state index contributed by atoms with van der Waals surface area (Å²) >= 11 is 0. The van der Waals surface area contributed by atoms with Crippen LogP contribution >= 0.6 is 0 Å². The summed E-state index contributed by atoms with van der Waals surface area (Å²) in [6, 6.07) is 9.04. The Hall–Kier alpha value is -1.06. The number of hydrogen-bond donors (Lipinski definition) is 2. The number of methoxy groups -OCH3 is 1. The molecule has 0 fully saturated rings. The SMILES string of the molecule is CNC(CNC(C)C)c1ccc(OC)cc1. The molecule has 0 aliphatic heterocycles. The molecule has 0 heterocycles. The van der Waals surface area contributed by atoms with Crippen molar-refractivity contribution in [1.29, 1.82) is 0 Å². The van der Waals surface area contributed by atoms with Gasteiger partial charge in [0.2, 0.25) is 0 Å². The van der Waals surface area contributed by atoms with Crippen LogP contribution in [0.4, 0.5) is 0 Å². The Labute approximate surface area is 98.2 Å². The van der Waals surface area contributed by atoms with Crippen molar-refractivity contribution < 1.29 is 4.74 Å². The molecule has 90 valence electrons. The summed E-state index contributed by atoms with van der Waals surface area (Å²) in [4.78, 5) is 0. The average Bonchev–Trinajstić information content (AvgIpc) is 2.30. The summed E-state index contributed by atoms with van der Waals surface area (Å²) in [6.07, 6.45) is 0. The van der Waals surface area contributed by atoms with E-state index in [-0.39, 0.29) is 0 Å². The number of likely N-dealkylation sites (N-methyl/N-ethyl adjacent to an activating group) is 1. The minimum absolute atomic E-state index is 0.341. The van der Waals surface area contributed by atoms with Gasteiger partial charge in [-0.25, -0.2) is 0 Å². The average molecular weight is 222 g/mol. The van der Waals surface area contributed by atoms with Crippen molar-refractivity contribution in [3.8, 4) is 5.75 Å². The molecule has 1 aromatic rings. The molecule has 0 amide bonds. The fourth-order valence-corrected chi connectivity index (χ4v) is 1.58. The van der Waals surface area contributed by atoms with E-state index in [1.54, 1.807) is 7.11 Å². The Morgan fingerprint density at radius 3 is 2.25 bits per heavy atom. The zero-order valence-corrected chi connectivity index (χ0v) is 10.6. The molecule has 0 bridgehead atoms. The van der Waals surface area contributed by atoms with Crippen molar-refractivity contribution >= 4 is 0 Å². The van der Waals surface area contributed by atoms with E-state index in [4.69, 9.17) is 4.74 Å². The van der Waals surface area contributed by atoms with Crippen molar-refractivity contribution in [3.63, 3.8) is 0 Å². The van der Waals surface area contributed by atoms with E-state index in [0.717, 1.165) is 12.3 Å². The number of rotatable bonds is 6. The molecule has 1 rings (SSSR count). The van der Waals surface area contributed by atoms with Crippen molar-refractivity contribution in [2.45, 2.75) is 25.9 Å². The summed E-state index contributed by atoms with van der Waals surface area (Å²) in [5.74, 6) is 0.899. The maximum Gasteiger partial charge on any atom is 0.118 e. The standard InChI is InChI=1S/C13H22N2O/c1-10(2)15-9-13(14-3)11-5-7-12(16-4)8-6-11/h5-8,10,13-15H,9H2,1-4H3. The molecule has 0 radical (unpaired) electrons. The van der Waals surface area contributed by atoms with Gasteiger partial charge in [-0.1, -0.05) is 26.0 Å². The molecule has 0 spiro atoms. The van der Waals surface area contributed by atoms with Crippen LogP contribution in [-0.4, -0.2) is 26.7 Å². The van der Waals surface area contributed by atoms with Gasteiger partial charge in [-0.15, -0.1) is 0 Å². The third-order valence-electron chi connectivity index (χ3n) is 2.60. The summed E-state index contributed by atoms with van der Waals surface area (Å²) in [7, 11) is 3.67. The minimum atomic E-state index is 0.341. The lowest BCUT2D eigenvalue weighted by Gasteiger charge is -2.19. The normalized spacial score (nSPS) is 12.8. The Balaban J connectivity index is 2.63. The van der Waals surface area contributed by atoms with Crippen LogP contribution in [0, 0.1) is 0 Å². The zero-order chi connectivity index (χ0) is 12.0. The van der Waals surface area contributed by atoms with Gasteiger partial charge in [-0.2, -0.15) is 0 Å². The fraction of sp³-hybridized carbons (Fsp3) is 0.538. The van der Waals surface area contributed by atoms with Crippen LogP contribution in [0.2, 0.25) is 0 Å². The van der Waals surface area contributed by atoms with Gasteiger partial charge in [0.1, 0.15) is 5.75 Å². The highest BCUT2D eigenvalue weighted by atomic mass is 16.5. The fourth-order valence-electron chi connectivity index (χ4n) is 1.58. The largest absolute Gasteiger partial charge is 0.497 e. The van der Waals surface area contributed by atoms with Crippen LogP contribution in [0.3, 0.4) is 0 Å². The van der Waals surface area contributed by atoms with E-state index in [1.807, 2.05) is 19.2 Å². The van der Waals surface area contributed by atoms with E-state index in [2.05, 4.69) is 36.6 Å². The molecule has 3 nitrogen and oxygen atoms in total. The molecule has 3 heteroatoms. The lowest BCUT2D eigenvalue weighted by Crippen LogP contribution is -2.33. The van der Waals surface area contributed by atoms with Crippen molar-refractivity contribution in [3.05, 3.63) is 29.8 Å². The molecule has 16 heavy (non-hydrogen) atoms. The maximum absolute atomic E-state index is 5.14. The molecule has 1 atom stereocenters. The van der Waals surface area contributed by atoms with Gasteiger partial charge >= 0.3 is 0 Å². The van der Waals surface area contributed by atoms with E-state index in [9.17, 15) is 0 Å². The Morgan fingerprint density at radius 1 is 1.19 bits per heavy atom. The van der Waals surface area contributed by atoms with Gasteiger partial charge in [0, 0.05) is 18.6 Å². The zero-order valence-electron chi connectivity index (χ0n) is 10.6. The number of nitrogens with one attached hydrogen (secondary N) is 2. The molecular formula is C13H22N2O. The van der Waals surface area contributed by atoms with Gasteiger partial charge < -0.3 is 15.4 Å². The topological polar surface area (TPSA) is 33.3 Å². The molecule has 0 saturated heterocycles. The van der Waals surface area contributed by atoms with Crippen LogP contribution in [0.1, 0.15) is 25.5 Å². The molecule has 0 aromatic heterocycles. The smallest absolute Gasteiger partial charge is 0.118 e. The molecule has 2 N–H and O–H groups in total. The molecule has 0 aliphatic carbocycles. The van der Waals surface area contributed by atoms with Gasteiger partial charge in [0.15, 0.2) is 0 Å². The lowest BCUT2D eigenvalue weighted by atomic mass is 10.1. The highest BCUT2D eigenvalue weighted by molar-refractivity contribution is 5.29. The second-order valence-electron chi connectivity index (χ2n) is 4.18. The first-order valence-electron chi connectivity index (χ1n) is 5.72. The highest BCUT2D eigenvalue weighted by Gasteiger charge is 2.09. The predicted octanol–water partition coefficient (Wildman–Crippen LogP) is 1.95.